The summed E-state index contributed by atoms with van der Waals surface area (Å²) in [6.07, 6.45) is 1.39. The number of carbonyl (C=O) groups is 1. The number of hydrogen-bond acceptors (Lipinski definition) is 5. The van der Waals surface area contributed by atoms with Crippen molar-refractivity contribution in [1.82, 2.24) is 9.78 Å². The molecule has 0 unspecified atom stereocenters. The summed E-state index contributed by atoms with van der Waals surface area (Å²) in [7, 11) is 2.91. The Morgan fingerprint density at radius 1 is 1.37 bits per heavy atom. The van der Waals surface area contributed by atoms with Crippen molar-refractivity contribution in [3.63, 3.8) is 0 Å². The molecule has 0 radical (unpaired) electrons. The fourth-order valence-electron chi connectivity index (χ4n) is 1.81. The number of hydrogen-bond donors (Lipinski definition) is 1. The molecule has 0 fully saturated rings. The maximum atomic E-state index is 11.5. The van der Waals surface area contributed by atoms with Gasteiger partial charge in [-0.3, -0.25) is 0 Å². The molecule has 2 rings (SSSR count). The Balaban J connectivity index is 2.48. The van der Waals surface area contributed by atoms with Crippen molar-refractivity contribution in [3.8, 4) is 11.4 Å². The number of rotatable bonds is 3. The predicted molar refractivity (Wildman–Crippen MR) is 70.6 cm³/mol. The third-order valence-corrected chi connectivity index (χ3v) is 2.84. The van der Waals surface area contributed by atoms with E-state index in [1.54, 1.807) is 13.2 Å². The Kier molecular flexibility index (Phi) is 3.41. The highest BCUT2D eigenvalue weighted by molar-refractivity contribution is 5.94. The molecule has 0 spiro atoms. The van der Waals surface area contributed by atoms with E-state index < -0.39 is 5.97 Å². The molecule has 0 saturated heterocycles. The van der Waals surface area contributed by atoms with Gasteiger partial charge >= 0.3 is 5.97 Å². The van der Waals surface area contributed by atoms with Crippen LogP contribution in [0.25, 0.3) is 5.69 Å². The van der Waals surface area contributed by atoms with Crippen molar-refractivity contribution in [1.29, 1.82) is 0 Å². The first-order chi connectivity index (χ1) is 9.08. The van der Waals surface area contributed by atoms with E-state index in [-0.39, 0.29) is 11.4 Å². The number of carbonyl (C=O) groups excluding carboxylic acids is 1. The number of benzene rings is 1. The molecule has 2 aromatic rings. The Hall–Kier alpha value is -2.50. The highest BCUT2D eigenvalue weighted by Gasteiger charge is 2.17. The van der Waals surface area contributed by atoms with Gasteiger partial charge < -0.3 is 15.2 Å². The maximum absolute atomic E-state index is 11.5. The average molecular weight is 261 g/mol. The molecule has 0 aliphatic heterocycles. The van der Waals surface area contributed by atoms with E-state index in [4.69, 9.17) is 10.5 Å². The number of ether oxygens (including phenoxy) is 2. The van der Waals surface area contributed by atoms with Gasteiger partial charge in [0, 0.05) is 0 Å². The number of methoxy groups -OCH3 is 2. The van der Waals surface area contributed by atoms with Gasteiger partial charge in [-0.1, -0.05) is 0 Å². The van der Waals surface area contributed by atoms with Gasteiger partial charge in [0.15, 0.2) is 0 Å². The standard InChI is InChI=1S/C13H15N3O3/c1-8-6-9(18-2)4-5-11(8)16-12(14)10(7-15-16)13(17)19-3/h4-7H,14H2,1-3H3. The molecule has 0 bridgehead atoms. The Morgan fingerprint density at radius 2 is 2.11 bits per heavy atom. The molecular formula is C13H15N3O3. The number of anilines is 1. The summed E-state index contributed by atoms with van der Waals surface area (Å²) < 4.78 is 11.3. The van der Waals surface area contributed by atoms with Gasteiger partial charge in [-0.05, 0) is 30.7 Å². The first-order valence-electron chi connectivity index (χ1n) is 5.65. The largest absolute Gasteiger partial charge is 0.497 e. The van der Waals surface area contributed by atoms with Crippen molar-refractivity contribution < 1.29 is 14.3 Å². The normalized spacial score (nSPS) is 10.3. The van der Waals surface area contributed by atoms with Gasteiger partial charge in [0.25, 0.3) is 0 Å². The van der Waals surface area contributed by atoms with Crippen LogP contribution in [0.1, 0.15) is 15.9 Å². The fraction of sp³-hybridized carbons (Fsp3) is 0.231. The van der Waals surface area contributed by atoms with Crippen molar-refractivity contribution in [2.45, 2.75) is 6.92 Å². The second kappa shape index (κ2) is 5.01. The minimum Gasteiger partial charge on any atom is -0.497 e. The van der Waals surface area contributed by atoms with Crippen LogP contribution < -0.4 is 10.5 Å². The zero-order valence-electron chi connectivity index (χ0n) is 11.0. The molecular weight excluding hydrogens is 246 g/mol. The van der Waals surface area contributed by atoms with Gasteiger partial charge in [-0.2, -0.15) is 5.10 Å². The lowest BCUT2D eigenvalue weighted by atomic mass is 10.2. The average Bonchev–Trinajstić information content (AvgIpc) is 2.79. The zero-order valence-corrected chi connectivity index (χ0v) is 11.0. The SMILES string of the molecule is COC(=O)c1cnn(-c2ccc(OC)cc2C)c1N. The van der Waals surface area contributed by atoms with Crippen LogP contribution in [-0.4, -0.2) is 30.0 Å². The molecule has 19 heavy (non-hydrogen) atoms. The Labute approximate surface area is 110 Å². The monoisotopic (exact) mass is 261 g/mol. The van der Waals surface area contributed by atoms with Gasteiger partial charge in [-0.15, -0.1) is 0 Å². The van der Waals surface area contributed by atoms with Crippen LogP contribution in [0, 0.1) is 6.92 Å². The van der Waals surface area contributed by atoms with Crippen LogP contribution in [0.2, 0.25) is 0 Å². The minimum atomic E-state index is -0.505. The topological polar surface area (TPSA) is 79.4 Å². The summed E-state index contributed by atoms with van der Waals surface area (Å²) in [6, 6.07) is 5.51. The first-order valence-corrected chi connectivity index (χ1v) is 5.65. The van der Waals surface area contributed by atoms with E-state index in [1.165, 1.54) is 18.0 Å². The molecule has 0 aliphatic rings. The quantitative estimate of drug-likeness (QED) is 0.848. The molecule has 6 heteroatoms. The van der Waals surface area contributed by atoms with E-state index in [9.17, 15) is 4.79 Å². The molecule has 0 saturated carbocycles. The lowest BCUT2D eigenvalue weighted by Crippen LogP contribution is -2.08. The zero-order chi connectivity index (χ0) is 14.0. The molecule has 1 aromatic heterocycles. The van der Waals surface area contributed by atoms with Crippen LogP contribution in [0.15, 0.2) is 24.4 Å². The molecule has 1 heterocycles. The van der Waals surface area contributed by atoms with Crippen LogP contribution in [-0.2, 0) is 4.74 Å². The van der Waals surface area contributed by atoms with Gasteiger partial charge in [0.2, 0.25) is 0 Å². The minimum absolute atomic E-state index is 0.248. The summed E-state index contributed by atoms with van der Waals surface area (Å²) in [5.41, 5.74) is 7.89. The lowest BCUT2D eigenvalue weighted by molar-refractivity contribution is 0.0602. The molecule has 6 nitrogen and oxygen atoms in total. The Bertz CT molecular complexity index is 620. The molecule has 0 atom stereocenters. The van der Waals surface area contributed by atoms with Gasteiger partial charge in [-0.25, -0.2) is 9.48 Å². The molecule has 100 valence electrons. The first kappa shape index (κ1) is 12.9. The number of aryl methyl sites for hydroxylation is 1. The summed E-state index contributed by atoms with van der Waals surface area (Å²) in [4.78, 5) is 11.5. The van der Waals surface area contributed by atoms with Crippen molar-refractivity contribution in [2.24, 2.45) is 0 Å². The molecule has 1 aromatic carbocycles. The van der Waals surface area contributed by atoms with Crippen molar-refractivity contribution >= 4 is 11.8 Å². The second-order valence-electron chi connectivity index (χ2n) is 4.00. The van der Waals surface area contributed by atoms with E-state index in [0.717, 1.165) is 17.0 Å². The Morgan fingerprint density at radius 3 is 2.68 bits per heavy atom. The lowest BCUT2D eigenvalue weighted by Gasteiger charge is -2.09. The van der Waals surface area contributed by atoms with Crippen LogP contribution in [0.5, 0.6) is 5.75 Å². The number of nitrogens with two attached hydrogens (primary N) is 1. The van der Waals surface area contributed by atoms with Crippen LogP contribution in [0.3, 0.4) is 0 Å². The highest BCUT2D eigenvalue weighted by atomic mass is 16.5. The summed E-state index contributed by atoms with van der Waals surface area (Å²) in [5, 5.41) is 4.12. The fourth-order valence-corrected chi connectivity index (χ4v) is 1.81. The predicted octanol–water partition coefficient (Wildman–Crippen LogP) is 1.56. The van der Waals surface area contributed by atoms with Crippen molar-refractivity contribution in [2.75, 3.05) is 20.0 Å². The summed E-state index contributed by atoms with van der Waals surface area (Å²) >= 11 is 0. The number of aromatic nitrogens is 2. The maximum Gasteiger partial charge on any atom is 0.343 e. The van der Waals surface area contributed by atoms with Crippen LogP contribution >= 0.6 is 0 Å². The molecule has 0 aliphatic carbocycles. The van der Waals surface area contributed by atoms with Crippen molar-refractivity contribution in [3.05, 3.63) is 35.5 Å². The van der Waals surface area contributed by atoms with E-state index in [0.29, 0.717) is 0 Å². The highest BCUT2D eigenvalue weighted by Crippen LogP contribution is 2.23. The third-order valence-electron chi connectivity index (χ3n) is 2.84. The van der Waals surface area contributed by atoms with Gasteiger partial charge in [0.1, 0.15) is 17.1 Å². The van der Waals surface area contributed by atoms with E-state index in [2.05, 4.69) is 9.84 Å². The summed E-state index contributed by atoms with van der Waals surface area (Å²) in [5.74, 6) is 0.496. The molecule has 2 N–H and O–H groups in total. The number of nitrogen functional groups attached to an aromatic ring is 1. The smallest absolute Gasteiger partial charge is 0.343 e. The van der Waals surface area contributed by atoms with E-state index in [1.807, 2.05) is 19.1 Å². The second-order valence-corrected chi connectivity index (χ2v) is 4.00. The molecule has 0 amide bonds. The third kappa shape index (κ3) is 2.24. The van der Waals surface area contributed by atoms with Gasteiger partial charge in [0.05, 0.1) is 26.1 Å². The van der Waals surface area contributed by atoms with E-state index >= 15 is 0 Å². The number of esters is 1. The summed E-state index contributed by atoms with van der Waals surface area (Å²) in [6.45, 7) is 1.91. The number of nitrogens with zero attached hydrogens (tertiary/aromatic N) is 2. The van der Waals surface area contributed by atoms with Crippen LogP contribution in [0.4, 0.5) is 5.82 Å².